The van der Waals surface area contributed by atoms with Crippen LogP contribution in [-0.4, -0.2) is 26.0 Å². The molecule has 0 saturated carbocycles. The molecular weight excluding hydrogens is 293 g/mol. The third-order valence-corrected chi connectivity index (χ3v) is 3.82. The van der Waals surface area contributed by atoms with Crippen molar-refractivity contribution in [1.82, 2.24) is 14.8 Å². The molecule has 4 nitrogen and oxygen atoms in total. The standard InChI is InChI=1S/C15H19ClFN3O/c1-15(2,3)14(21)13(20-9-18-8-19-20)6-10-4-5-11(17)7-12(10)16/h4-5,7-9,13-14,21H,6H2,1-3H3. The van der Waals surface area contributed by atoms with Crippen LogP contribution in [-0.2, 0) is 6.42 Å². The molecule has 0 fully saturated rings. The van der Waals surface area contributed by atoms with Crippen LogP contribution in [0.3, 0.4) is 0 Å². The number of aliphatic hydroxyl groups excluding tert-OH is 1. The van der Waals surface area contributed by atoms with Crippen LogP contribution in [0.25, 0.3) is 0 Å². The topological polar surface area (TPSA) is 50.9 Å². The number of nitrogens with zero attached hydrogens (tertiary/aromatic N) is 3. The number of aromatic nitrogens is 3. The lowest BCUT2D eigenvalue weighted by Crippen LogP contribution is -2.37. The van der Waals surface area contributed by atoms with E-state index in [9.17, 15) is 9.50 Å². The van der Waals surface area contributed by atoms with Gasteiger partial charge in [-0.3, -0.25) is 0 Å². The Morgan fingerprint density at radius 3 is 2.62 bits per heavy atom. The molecule has 2 atom stereocenters. The highest BCUT2D eigenvalue weighted by molar-refractivity contribution is 6.31. The molecule has 1 N–H and O–H groups in total. The predicted octanol–water partition coefficient (Wildman–Crippen LogP) is 3.26. The highest BCUT2D eigenvalue weighted by atomic mass is 35.5. The smallest absolute Gasteiger partial charge is 0.137 e. The van der Waals surface area contributed by atoms with E-state index in [1.54, 1.807) is 17.1 Å². The first kappa shape index (κ1) is 15.9. The fraction of sp³-hybridized carbons (Fsp3) is 0.467. The fourth-order valence-electron chi connectivity index (χ4n) is 2.23. The van der Waals surface area contributed by atoms with E-state index < -0.39 is 6.10 Å². The van der Waals surface area contributed by atoms with E-state index in [1.807, 2.05) is 20.8 Å². The van der Waals surface area contributed by atoms with Crippen molar-refractivity contribution >= 4 is 11.6 Å². The molecular formula is C15H19ClFN3O. The van der Waals surface area contributed by atoms with Gasteiger partial charge in [0.15, 0.2) is 0 Å². The molecule has 0 radical (unpaired) electrons. The number of aliphatic hydroxyl groups is 1. The summed E-state index contributed by atoms with van der Waals surface area (Å²) in [5.41, 5.74) is 0.435. The van der Waals surface area contributed by atoms with Crippen molar-refractivity contribution in [2.45, 2.75) is 39.3 Å². The Morgan fingerprint density at radius 2 is 2.10 bits per heavy atom. The first-order valence-electron chi connectivity index (χ1n) is 6.75. The summed E-state index contributed by atoms with van der Waals surface area (Å²) >= 11 is 6.09. The fourth-order valence-corrected chi connectivity index (χ4v) is 2.47. The number of halogens is 2. The molecule has 2 aromatic rings. The molecule has 0 spiro atoms. The second kappa shape index (κ2) is 6.12. The van der Waals surface area contributed by atoms with E-state index in [0.29, 0.717) is 11.4 Å². The van der Waals surface area contributed by atoms with Crippen molar-refractivity contribution in [3.05, 3.63) is 47.3 Å². The Bertz CT molecular complexity index is 595. The lowest BCUT2D eigenvalue weighted by Gasteiger charge is -2.33. The lowest BCUT2D eigenvalue weighted by atomic mass is 9.82. The molecule has 0 saturated heterocycles. The Balaban J connectivity index is 2.33. The van der Waals surface area contributed by atoms with E-state index in [4.69, 9.17) is 11.6 Å². The third-order valence-electron chi connectivity index (χ3n) is 3.47. The van der Waals surface area contributed by atoms with E-state index >= 15 is 0 Å². The molecule has 21 heavy (non-hydrogen) atoms. The molecule has 6 heteroatoms. The van der Waals surface area contributed by atoms with Crippen LogP contribution in [0.2, 0.25) is 5.02 Å². The van der Waals surface area contributed by atoms with Gasteiger partial charge in [0.05, 0.1) is 12.1 Å². The van der Waals surface area contributed by atoms with Crippen LogP contribution >= 0.6 is 11.6 Å². The molecule has 1 heterocycles. The van der Waals surface area contributed by atoms with Gasteiger partial charge in [-0.25, -0.2) is 14.1 Å². The van der Waals surface area contributed by atoms with Crippen molar-refractivity contribution in [2.24, 2.45) is 5.41 Å². The molecule has 0 aliphatic rings. The third kappa shape index (κ3) is 3.80. The maximum absolute atomic E-state index is 13.1. The number of benzene rings is 1. The molecule has 2 rings (SSSR count). The summed E-state index contributed by atoms with van der Waals surface area (Å²) in [5.74, 6) is -0.377. The quantitative estimate of drug-likeness (QED) is 0.943. The minimum atomic E-state index is -0.652. The van der Waals surface area contributed by atoms with Crippen LogP contribution < -0.4 is 0 Å². The van der Waals surface area contributed by atoms with Crippen LogP contribution in [0.5, 0.6) is 0 Å². The molecule has 114 valence electrons. The van der Waals surface area contributed by atoms with Gasteiger partial charge >= 0.3 is 0 Å². The summed E-state index contributed by atoms with van der Waals surface area (Å²) in [6, 6.07) is 3.95. The first-order chi connectivity index (χ1) is 9.79. The van der Waals surface area contributed by atoms with Crippen molar-refractivity contribution in [2.75, 3.05) is 0 Å². The Hall–Kier alpha value is -1.46. The monoisotopic (exact) mass is 311 g/mol. The average Bonchev–Trinajstić information content (AvgIpc) is 2.90. The van der Waals surface area contributed by atoms with Crippen LogP contribution in [0.4, 0.5) is 4.39 Å². The summed E-state index contributed by atoms with van der Waals surface area (Å²) in [6.45, 7) is 5.86. The molecule has 2 unspecified atom stereocenters. The summed E-state index contributed by atoms with van der Waals surface area (Å²) < 4.78 is 14.8. The number of hydrogen-bond acceptors (Lipinski definition) is 3. The van der Waals surface area contributed by atoms with Crippen molar-refractivity contribution in [1.29, 1.82) is 0 Å². The average molecular weight is 312 g/mol. The first-order valence-corrected chi connectivity index (χ1v) is 7.13. The molecule has 0 amide bonds. The zero-order valence-electron chi connectivity index (χ0n) is 12.3. The zero-order chi connectivity index (χ0) is 15.6. The van der Waals surface area contributed by atoms with E-state index in [1.165, 1.54) is 18.5 Å². The van der Waals surface area contributed by atoms with Gasteiger partial charge in [0.2, 0.25) is 0 Å². The van der Waals surface area contributed by atoms with Gasteiger partial charge in [0, 0.05) is 5.02 Å². The van der Waals surface area contributed by atoms with Crippen LogP contribution in [0, 0.1) is 11.2 Å². The Kier molecular flexibility index (Phi) is 4.64. The second-order valence-corrected chi connectivity index (χ2v) is 6.60. The molecule has 0 bridgehead atoms. The minimum absolute atomic E-state index is 0.324. The van der Waals surface area contributed by atoms with Crippen molar-refractivity contribution in [3.8, 4) is 0 Å². The minimum Gasteiger partial charge on any atom is -0.390 e. The molecule has 0 aliphatic heterocycles. The summed E-state index contributed by atoms with van der Waals surface area (Å²) in [6.07, 6.45) is 2.78. The molecule has 1 aromatic heterocycles. The predicted molar refractivity (Wildman–Crippen MR) is 79.6 cm³/mol. The number of rotatable bonds is 4. The molecule has 0 aliphatic carbocycles. The van der Waals surface area contributed by atoms with Crippen molar-refractivity contribution in [3.63, 3.8) is 0 Å². The van der Waals surface area contributed by atoms with Gasteiger partial charge in [0.25, 0.3) is 0 Å². The summed E-state index contributed by atoms with van der Waals surface area (Å²) in [5, 5.41) is 15.1. The van der Waals surface area contributed by atoms with E-state index in [2.05, 4.69) is 10.1 Å². The van der Waals surface area contributed by atoms with Gasteiger partial charge in [-0.1, -0.05) is 38.4 Å². The van der Waals surface area contributed by atoms with Gasteiger partial charge in [-0.2, -0.15) is 5.10 Å². The maximum atomic E-state index is 13.1. The normalized spacial score (nSPS) is 15.0. The maximum Gasteiger partial charge on any atom is 0.137 e. The Labute approximate surface area is 128 Å². The highest BCUT2D eigenvalue weighted by Gasteiger charge is 2.32. The van der Waals surface area contributed by atoms with Gasteiger partial charge in [-0.15, -0.1) is 0 Å². The van der Waals surface area contributed by atoms with E-state index in [0.717, 1.165) is 5.56 Å². The number of hydrogen-bond donors (Lipinski definition) is 1. The highest BCUT2D eigenvalue weighted by Crippen LogP contribution is 2.32. The van der Waals surface area contributed by atoms with Gasteiger partial charge in [-0.05, 0) is 29.5 Å². The SMILES string of the molecule is CC(C)(C)C(O)C(Cc1ccc(F)cc1Cl)n1cncn1. The molecule has 1 aromatic carbocycles. The summed E-state index contributed by atoms with van der Waals surface area (Å²) in [7, 11) is 0. The summed E-state index contributed by atoms with van der Waals surface area (Å²) in [4.78, 5) is 3.93. The van der Waals surface area contributed by atoms with E-state index in [-0.39, 0.29) is 17.3 Å². The van der Waals surface area contributed by atoms with Crippen molar-refractivity contribution < 1.29 is 9.50 Å². The van der Waals surface area contributed by atoms with Gasteiger partial charge in [0.1, 0.15) is 18.5 Å². The zero-order valence-corrected chi connectivity index (χ0v) is 13.0. The van der Waals surface area contributed by atoms with Crippen LogP contribution in [0.15, 0.2) is 30.9 Å². The Morgan fingerprint density at radius 1 is 1.38 bits per heavy atom. The van der Waals surface area contributed by atoms with Gasteiger partial charge < -0.3 is 5.11 Å². The largest absolute Gasteiger partial charge is 0.390 e. The second-order valence-electron chi connectivity index (χ2n) is 6.19. The lowest BCUT2D eigenvalue weighted by molar-refractivity contribution is 0.0124. The van der Waals surface area contributed by atoms with Crippen LogP contribution in [0.1, 0.15) is 32.4 Å².